The Labute approximate surface area is 78.3 Å². The zero-order chi connectivity index (χ0) is 10.1. The van der Waals surface area contributed by atoms with Gasteiger partial charge in [0, 0.05) is 0 Å². The number of carbonyl (C=O) groups excluding carboxylic acids is 1. The predicted molar refractivity (Wildman–Crippen MR) is 50.7 cm³/mol. The molecule has 1 aromatic heterocycles. The van der Waals surface area contributed by atoms with Crippen LogP contribution in [0.2, 0.25) is 0 Å². The molecule has 0 atom stereocenters. The van der Waals surface area contributed by atoms with Crippen LogP contribution < -0.4 is 17.0 Å². The standard InChI is InChI=1S/C8H8N4O2/c9-11-8(14)12-6-4-2-1-3-5(6)10-7(12)13/h1-4H,9H2,(H,10,13)(H,11,14). The Balaban J connectivity index is 2.81. The minimum atomic E-state index is -0.660. The molecular weight excluding hydrogens is 184 g/mol. The number of carbonyl (C=O) groups is 1. The molecule has 6 heteroatoms. The topological polar surface area (TPSA) is 92.9 Å². The number of aromatic amines is 1. The van der Waals surface area contributed by atoms with Crippen molar-refractivity contribution < 1.29 is 4.79 Å². The van der Waals surface area contributed by atoms with E-state index in [4.69, 9.17) is 5.84 Å². The molecule has 0 aliphatic rings. The molecule has 0 radical (unpaired) electrons. The second-order valence-corrected chi connectivity index (χ2v) is 2.73. The summed E-state index contributed by atoms with van der Waals surface area (Å²) in [7, 11) is 0. The van der Waals surface area contributed by atoms with Crippen molar-refractivity contribution in [1.29, 1.82) is 0 Å². The molecule has 0 fully saturated rings. The fourth-order valence-corrected chi connectivity index (χ4v) is 1.32. The monoisotopic (exact) mass is 192 g/mol. The molecule has 0 saturated carbocycles. The maximum atomic E-state index is 11.3. The highest BCUT2D eigenvalue weighted by Crippen LogP contribution is 2.07. The number of nitrogens with one attached hydrogen (secondary N) is 2. The summed E-state index contributed by atoms with van der Waals surface area (Å²) < 4.78 is 0.940. The molecule has 72 valence electrons. The third-order valence-electron chi connectivity index (χ3n) is 1.92. The van der Waals surface area contributed by atoms with Crippen LogP contribution in [0.25, 0.3) is 11.0 Å². The Kier molecular flexibility index (Phi) is 1.83. The van der Waals surface area contributed by atoms with Crippen LogP contribution in [0, 0.1) is 0 Å². The molecule has 6 nitrogen and oxygen atoms in total. The number of rotatable bonds is 0. The molecule has 0 unspecified atom stereocenters. The fraction of sp³-hybridized carbons (Fsp3) is 0. The lowest BCUT2D eigenvalue weighted by molar-refractivity contribution is 0.243. The van der Waals surface area contributed by atoms with Crippen molar-refractivity contribution in [3.05, 3.63) is 34.7 Å². The summed E-state index contributed by atoms with van der Waals surface area (Å²) in [5, 5.41) is 0. The van der Waals surface area contributed by atoms with Crippen molar-refractivity contribution in [3.8, 4) is 0 Å². The number of benzene rings is 1. The molecule has 1 amide bonds. The van der Waals surface area contributed by atoms with E-state index in [1.807, 2.05) is 5.43 Å². The zero-order valence-corrected chi connectivity index (χ0v) is 7.15. The van der Waals surface area contributed by atoms with Crippen LogP contribution in [0.15, 0.2) is 29.1 Å². The molecule has 1 aromatic carbocycles. The molecule has 0 bridgehead atoms. The van der Waals surface area contributed by atoms with Gasteiger partial charge in [0.2, 0.25) is 0 Å². The Morgan fingerprint density at radius 1 is 1.43 bits per heavy atom. The second-order valence-electron chi connectivity index (χ2n) is 2.73. The molecule has 0 saturated heterocycles. The maximum absolute atomic E-state index is 11.3. The normalized spacial score (nSPS) is 10.4. The predicted octanol–water partition coefficient (Wildman–Crippen LogP) is -0.239. The number of hydrogen-bond donors (Lipinski definition) is 3. The van der Waals surface area contributed by atoms with Crippen molar-refractivity contribution in [1.82, 2.24) is 15.0 Å². The second kappa shape index (κ2) is 3.00. The summed E-state index contributed by atoms with van der Waals surface area (Å²) in [6, 6.07) is 6.20. The van der Waals surface area contributed by atoms with Crippen LogP contribution in [0.5, 0.6) is 0 Å². The van der Waals surface area contributed by atoms with Crippen molar-refractivity contribution >= 4 is 17.1 Å². The molecule has 2 rings (SSSR count). The number of fused-ring (bicyclic) bond motifs is 1. The summed E-state index contributed by atoms with van der Waals surface area (Å²) in [6.45, 7) is 0. The van der Waals surface area contributed by atoms with E-state index in [9.17, 15) is 9.59 Å². The molecule has 0 aliphatic carbocycles. The van der Waals surface area contributed by atoms with Gasteiger partial charge < -0.3 is 4.98 Å². The first-order chi connectivity index (χ1) is 6.74. The molecule has 0 aliphatic heterocycles. The van der Waals surface area contributed by atoms with Gasteiger partial charge in [0.05, 0.1) is 11.0 Å². The van der Waals surface area contributed by atoms with Gasteiger partial charge in [0.1, 0.15) is 0 Å². The number of imidazole rings is 1. The number of nitrogen functional groups attached to an aromatic ring is 1. The first-order valence-electron chi connectivity index (χ1n) is 3.95. The third kappa shape index (κ3) is 1.09. The molecule has 0 spiro atoms. The van der Waals surface area contributed by atoms with Crippen molar-refractivity contribution in [2.24, 2.45) is 5.84 Å². The fourth-order valence-electron chi connectivity index (χ4n) is 1.32. The number of aromatic nitrogens is 2. The number of hydrazine groups is 1. The van der Waals surface area contributed by atoms with Gasteiger partial charge in [-0.05, 0) is 12.1 Å². The number of nitrogens with zero attached hydrogens (tertiary/aromatic N) is 1. The average Bonchev–Trinajstić information content (AvgIpc) is 2.53. The van der Waals surface area contributed by atoms with Crippen molar-refractivity contribution in [2.45, 2.75) is 0 Å². The van der Waals surface area contributed by atoms with Gasteiger partial charge in [-0.2, -0.15) is 0 Å². The first-order valence-corrected chi connectivity index (χ1v) is 3.95. The Morgan fingerprint density at radius 2 is 2.14 bits per heavy atom. The quantitative estimate of drug-likeness (QED) is 0.305. The number of para-hydroxylation sites is 2. The van der Waals surface area contributed by atoms with E-state index in [1.165, 1.54) is 0 Å². The Morgan fingerprint density at radius 3 is 2.86 bits per heavy atom. The summed E-state index contributed by atoms with van der Waals surface area (Å²) >= 11 is 0. The van der Waals surface area contributed by atoms with E-state index >= 15 is 0 Å². The Bertz CT molecular complexity index is 540. The molecular formula is C8H8N4O2. The highest BCUT2D eigenvalue weighted by atomic mass is 16.2. The number of amides is 1. The lowest BCUT2D eigenvalue weighted by atomic mass is 10.3. The minimum absolute atomic E-state index is 0.500. The number of nitrogens with two attached hydrogens (primary N) is 1. The van der Waals surface area contributed by atoms with Gasteiger partial charge in [-0.1, -0.05) is 12.1 Å². The molecule has 1 heterocycles. The number of hydrogen-bond acceptors (Lipinski definition) is 3. The van der Waals surface area contributed by atoms with Gasteiger partial charge in [-0.3, -0.25) is 5.43 Å². The smallest absolute Gasteiger partial charge is 0.305 e. The van der Waals surface area contributed by atoms with Crippen LogP contribution in [0.4, 0.5) is 4.79 Å². The summed E-state index contributed by atoms with van der Waals surface area (Å²) in [4.78, 5) is 25.1. The van der Waals surface area contributed by atoms with Crippen LogP contribution in [-0.2, 0) is 0 Å². The van der Waals surface area contributed by atoms with Gasteiger partial charge in [-0.15, -0.1) is 0 Å². The van der Waals surface area contributed by atoms with E-state index in [0.29, 0.717) is 11.0 Å². The third-order valence-corrected chi connectivity index (χ3v) is 1.92. The average molecular weight is 192 g/mol. The largest absolute Gasteiger partial charge is 0.344 e. The van der Waals surface area contributed by atoms with Crippen molar-refractivity contribution in [2.75, 3.05) is 0 Å². The van der Waals surface area contributed by atoms with E-state index in [1.54, 1.807) is 24.3 Å². The van der Waals surface area contributed by atoms with E-state index in [0.717, 1.165) is 4.57 Å². The van der Waals surface area contributed by atoms with E-state index in [-0.39, 0.29) is 0 Å². The summed E-state index contributed by atoms with van der Waals surface area (Å²) in [6.07, 6.45) is 0. The maximum Gasteiger partial charge on any atom is 0.344 e. The van der Waals surface area contributed by atoms with Crippen molar-refractivity contribution in [3.63, 3.8) is 0 Å². The molecule has 14 heavy (non-hydrogen) atoms. The van der Waals surface area contributed by atoms with Crippen LogP contribution >= 0.6 is 0 Å². The van der Waals surface area contributed by atoms with Crippen LogP contribution in [0.3, 0.4) is 0 Å². The van der Waals surface area contributed by atoms with E-state index < -0.39 is 11.7 Å². The highest BCUT2D eigenvalue weighted by molar-refractivity contribution is 5.88. The van der Waals surface area contributed by atoms with Gasteiger partial charge in [0.25, 0.3) is 0 Å². The Hall–Kier alpha value is -2.08. The summed E-state index contributed by atoms with van der Waals surface area (Å²) in [5.41, 5.74) is 2.50. The van der Waals surface area contributed by atoms with Crippen LogP contribution in [-0.4, -0.2) is 15.6 Å². The highest BCUT2D eigenvalue weighted by Gasteiger charge is 2.11. The number of H-pyrrole nitrogens is 1. The lowest BCUT2D eigenvalue weighted by Crippen LogP contribution is -2.38. The first kappa shape index (κ1) is 8.52. The van der Waals surface area contributed by atoms with E-state index in [2.05, 4.69) is 4.98 Å². The minimum Gasteiger partial charge on any atom is -0.305 e. The van der Waals surface area contributed by atoms with Gasteiger partial charge in [0.15, 0.2) is 0 Å². The van der Waals surface area contributed by atoms with Crippen LogP contribution in [0.1, 0.15) is 0 Å². The zero-order valence-electron chi connectivity index (χ0n) is 7.15. The van der Waals surface area contributed by atoms with Gasteiger partial charge >= 0.3 is 11.7 Å². The lowest BCUT2D eigenvalue weighted by Gasteiger charge is -1.98. The summed E-state index contributed by atoms with van der Waals surface area (Å²) in [5.74, 6) is 4.95. The molecule has 2 aromatic rings. The SMILES string of the molecule is NNC(=O)n1c(=O)[nH]c2ccccc21. The molecule has 4 N–H and O–H groups in total. The van der Waals surface area contributed by atoms with Gasteiger partial charge in [-0.25, -0.2) is 20.0 Å².